The molecule has 4 aromatic rings. The quantitative estimate of drug-likeness (QED) is 0.596. The number of aromatic amines is 1. The highest BCUT2D eigenvalue weighted by Crippen LogP contribution is 2.27. The Hall–Kier alpha value is -3.41. The summed E-state index contributed by atoms with van der Waals surface area (Å²) < 4.78 is 1.15. The molecule has 2 N–H and O–H groups in total. The molecule has 4 rings (SSSR count). The molecule has 0 saturated carbocycles. The fourth-order valence-corrected chi connectivity index (χ4v) is 2.70. The number of carboxylic acid groups (broad SMARTS) is 1. The molecular weight excluding hydrogens is 294 g/mol. The maximum Gasteiger partial charge on any atom is 0.343 e. The number of nitrogens with zero attached hydrogens (tertiary/aromatic N) is 2. The normalized spacial score (nSPS) is 11.1. The lowest BCUT2D eigenvalue weighted by molar-refractivity contribution is 0.0694. The van der Waals surface area contributed by atoms with E-state index in [0.29, 0.717) is 11.3 Å². The summed E-state index contributed by atoms with van der Waals surface area (Å²) in [6.45, 7) is 0. The molecule has 0 unspecified atom stereocenters. The smallest absolute Gasteiger partial charge is 0.343 e. The predicted molar refractivity (Wildman–Crippen MR) is 85.7 cm³/mol. The average molecular weight is 305 g/mol. The van der Waals surface area contributed by atoms with Crippen molar-refractivity contribution in [1.29, 1.82) is 0 Å². The van der Waals surface area contributed by atoms with E-state index in [4.69, 9.17) is 5.11 Å². The van der Waals surface area contributed by atoms with Crippen LogP contribution in [-0.2, 0) is 0 Å². The van der Waals surface area contributed by atoms with Crippen molar-refractivity contribution in [2.24, 2.45) is 0 Å². The molecule has 0 fully saturated rings. The van der Waals surface area contributed by atoms with Crippen molar-refractivity contribution >= 4 is 22.4 Å². The van der Waals surface area contributed by atoms with Gasteiger partial charge < -0.3 is 5.11 Å². The first-order valence-electron chi connectivity index (χ1n) is 6.97. The first-order chi connectivity index (χ1) is 11.1. The number of carboxylic acids is 1. The van der Waals surface area contributed by atoms with E-state index in [2.05, 4.69) is 10.1 Å². The van der Waals surface area contributed by atoms with Gasteiger partial charge >= 0.3 is 5.97 Å². The second-order valence-electron chi connectivity index (χ2n) is 5.17. The zero-order chi connectivity index (χ0) is 16.0. The van der Waals surface area contributed by atoms with Crippen molar-refractivity contribution in [2.75, 3.05) is 0 Å². The van der Waals surface area contributed by atoms with E-state index in [0.717, 1.165) is 27.0 Å². The lowest BCUT2D eigenvalue weighted by Gasteiger charge is -2.03. The number of hydrogen-bond donors (Lipinski definition) is 2. The highest BCUT2D eigenvalue weighted by molar-refractivity contribution is 5.96. The standard InChI is InChI=1S/C17H11N3O3/c21-16-13(17(22)23)9-18-15-8-14(19-20(15)16)12-7-3-5-10-4-1-2-6-11(10)12/h1-9,19H,(H,22,23). The minimum Gasteiger partial charge on any atom is -0.477 e. The second kappa shape index (κ2) is 4.81. The molecule has 0 atom stereocenters. The van der Waals surface area contributed by atoms with Gasteiger partial charge in [0, 0.05) is 17.8 Å². The van der Waals surface area contributed by atoms with Gasteiger partial charge in [-0.25, -0.2) is 14.3 Å². The summed E-state index contributed by atoms with van der Waals surface area (Å²) >= 11 is 0. The molecule has 0 radical (unpaired) electrons. The van der Waals surface area contributed by atoms with Crippen molar-refractivity contribution in [3.8, 4) is 11.3 Å². The third-order valence-electron chi connectivity index (χ3n) is 3.80. The van der Waals surface area contributed by atoms with Crippen LogP contribution in [0.3, 0.4) is 0 Å². The number of rotatable bonds is 2. The minimum atomic E-state index is -1.29. The van der Waals surface area contributed by atoms with Crippen LogP contribution in [0.1, 0.15) is 10.4 Å². The monoisotopic (exact) mass is 305 g/mol. The molecule has 0 aliphatic carbocycles. The summed E-state index contributed by atoms with van der Waals surface area (Å²) in [5, 5.41) is 14.1. The van der Waals surface area contributed by atoms with E-state index in [-0.39, 0.29) is 5.56 Å². The second-order valence-corrected chi connectivity index (χ2v) is 5.17. The number of benzene rings is 2. The Morgan fingerprint density at radius 1 is 1.13 bits per heavy atom. The Bertz CT molecular complexity index is 1120. The highest BCUT2D eigenvalue weighted by atomic mass is 16.4. The van der Waals surface area contributed by atoms with Crippen LogP contribution in [0, 0.1) is 0 Å². The van der Waals surface area contributed by atoms with E-state index >= 15 is 0 Å². The molecule has 0 aliphatic heterocycles. The molecule has 112 valence electrons. The van der Waals surface area contributed by atoms with E-state index < -0.39 is 11.5 Å². The van der Waals surface area contributed by atoms with Gasteiger partial charge in [-0.1, -0.05) is 42.5 Å². The van der Waals surface area contributed by atoms with Gasteiger partial charge in [-0.2, -0.15) is 0 Å². The summed E-state index contributed by atoms with van der Waals surface area (Å²) in [4.78, 5) is 27.3. The molecule has 6 nitrogen and oxygen atoms in total. The van der Waals surface area contributed by atoms with Gasteiger partial charge in [0.1, 0.15) is 5.56 Å². The zero-order valence-electron chi connectivity index (χ0n) is 11.9. The SMILES string of the molecule is O=C(O)c1cnc2cc(-c3cccc4ccccc34)[nH]n2c1=O. The van der Waals surface area contributed by atoms with E-state index in [1.54, 1.807) is 6.07 Å². The average Bonchev–Trinajstić information content (AvgIpc) is 2.99. The Morgan fingerprint density at radius 2 is 1.91 bits per heavy atom. The third kappa shape index (κ3) is 2.00. The summed E-state index contributed by atoms with van der Waals surface area (Å²) in [5.41, 5.74) is 1.00. The minimum absolute atomic E-state index is 0.367. The Balaban J connectivity index is 2.01. The molecule has 2 aromatic heterocycles. The summed E-state index contributed by atoms with van der Waals surface area (Å²) in [7, 11) is 0. The van der Waals surface area contributed by atoms with Crippen LogP contribution in [0.25, 0.3) is 27.7 Å². The van der Waals surface area contributed by atoms with Crippen molar-refractivity contribution in [1.82, 2.24) is 14.6 Å². The summed E-state index contributed by atoms with van der Waals surface area (Å²) in [6, 6.07) is 15.5. The number of H-pyrrole nitrogens is 1. The van der Waals surface area contributed by atoms with Crippen LogP contribution in [0.5, 0.6) is 0 Å². The number of carbonyl (C=O) groups is 1. The van der Waals surface area contributed by atoms with Crippen molar-refractivity contribution in [3.63, 3.8) is 0 Å². The van der Waals surface area contributed by atoms with Crippen LogP contribution in [0.4, 0.5) is 0 Å². The van der Waals surface area contributed by atoms with Gasteiger partial charge in [-0.05, 0) is 10.8 Å². The fourth-order valence-electron chi connectivity index (χ4n) is 2.70. The van der Waals surface area contributed by atoms with E-state index in [9.17, 15) is 9.59 Å². The number of hydrogen-bond acceptors (Lipinski definition) is 3. The Labute approximate surface area is 129 Å². The highest BCUT2D eigenvalue weighted by Gasteiger charge is 2.14. The van der Waals surface area contributed by atoms with Gasteiger partial charge in [0.05, 0.1) is 5.69 Å². The van der Waals surface area contributed by atoms with Gasteiger partial charge in [0.25, 0.3) is 5.56 Å². The van der Waals surface area contributed by atoms with Crippen molar-refractivity contribution in [3.05, 3.63) is 70.6 Å². The third-order valence-corrected chi connectivity index (χ3v) is 3.80. The van der Waals surface area contributed by atoms with Crippen LogP contribution < -0.4 is 5.56 Å². The number of fused-ring (bicyclic) bond motifs is 2. The van der Waals surface area contributed by atoms with Gasteiger partial charge in [0.2, 0.25) is 0 Å². The summed E-state index contributed by atoms with van der Waals surface area (Å²) in [6.07, 6.45) is 1.08. The molecule has 2 aromatic carbocycles. The molecule has 6 heteroatoms. The molecule has 0 aliphatic rings. The molecule has 0 saturated heterocycles. The van der Waals surface area contributed by atoms with E-state index in [1.807, 2.05) is 42.5 Å². The number of nitrogens with one attached hydrogen (secondary N) is 1. The number of aromatic carboxylic acids is 1. The molecular formula is C17H11N3O3. The molecule has 0 bridgehead atoms. The van der Waals surface area contributed by atoms with Crippen LogP contribution in [0.2, 0.25) is 0 Å². The first kappa shape index (κ1) is 13.3. The maximum atomic E-state index is 12.2. The van der Waals surface area contributed by atoms with Crippen LogP contribution >= 0.6 is 0 Å². The van der Waals surface area contributed by atoms with Gasteiger partial charge in [-0.3, -0.25) is 9.89 Å². The molecule has 0 spiro atoms. The largest absolute Gasteiger partial charge is 0.477 e. The van der Waals surface area contributed by atoms with Crippen molar-refractivity contribution < 1.29 is 9.90 Å². The molecule has 2 heterocycles. The van der Waals surface area contributed by atoms with Crippen molar-refractivity contribution in [2.45, 2.75) is 0 Å². The zero-order valence-corrected chi connectivity index (χ0v) is 11.9. The number of aromatic nitrogens is 3. The Kier molecular flexibility index (Phi) is 2.77. The van der Waals surface area contributed by atoms with Crippen LogP contribution in [-0.4, -0.2) is 25.7 Å². The lowest BCUT2D eigenvalue weighted by Crippen LogP contribution is -2.22. The first-order valence-corrected chi connectivity index (χ1v) is 6.97. The summed E-state index contributed by atoms with van der Waals surface area (Å²) in [5.74, 6) is -1.29. The Morgan fingerprint density at radius 3 is 2.74 bits per heavy atom. The predicted octanol–water partition coefficient (Wildman–Crippen LogP) is 2.54. The van der Waals surface area contributed by atoms with Gasteiger partial charge in [-0.15, -0.1) is 0 Å². The lowest BCUT2D eigenvalue weighted by atomic mass is 10.0. The van der Waals surface area contributed by atoms with Crippen LogP contribution in [0.15, 0.2) is 59.5 Å². The maximum absolute atomic E-state index is 12.2. The topological polar surface area (TPSA) is 87.5 Å². The van der Waals surface area contributed by atoms with E-state index in [1.165, 1.54) is 0 Å². The van der Waals surface area contributed by atoms with Gasteiger partial charge in [0.15, 0.2) is 5.65 Å². The molecule has 23 heavy (non-hydrogen) atoms. The fraction of sp³-hybridized carbons (Fsp3) is 0. The molecule has 0 amide bonds.